The van der Waals surface area contributed by atoms with E-state index in [4.69, 9.17) is 10.2 Å². The van der Waals surface area contributed by atoms with Crippen molar-refractivity contribution in [2.75, 3.05) is 0 Å². The molecule has 0 aliphatic heterocycles. The van der Waals surface area contributed by atoms with Crippen molar-refractivity contribution in [3.05, 3.63) is 106 Å². The molecule has 11 heteroatoms. The van der Waals surface area contributed by atoms with Crippen molar-refractivity contribution in [2.45, 2.75) is 37.5 Å². The highest BCUT2D eigenvalue weighted by Gasteiger charge is 2.29. The van der Waals surface area contributed by atoms with Gasteiger partial charge in [0.2, 0.25) is 15.2 Å². The minimum absolute atomic E-state index is 0.0342. The van der Waals surface area contributed by atoms with Crippen molar-refractivity contribution < 1.29 is 22.7 Å². The SMILES string of the molecule is Cc1cc(-c2ccc(F)cc2)cc(-c2nn(-c3nc(C(=O)O)cs3)c(CC3CC3)c2Cc2ccc(S(N)(=O)=O)cc2)c1. The van der Waals surface area contributed by atoms with E-state index in [1.807, 2.05) is 25.1 Å². The number of aromatic carboxylic acids is 1. The fourth-order valence-corrected chi connectivity index (χ4v) is 6.34. The molecule has 214 valence electrons. The Balaban J connectivity index is 1.53. The number of halogens is 1. The second-order valence-corrected chi connectivity index (χ2v) is 13.0. The summed E-state index contributed by atoms with van der Waals surface area (Å²) in [4.78, 5) is 16.0. The molecule has 1 saturated carbocycles. The summed E-state index contributed by atoms with van der Waals surface area (Å²) < 4.78 is 39.1. The Bertz CT molecular complexity index is 1910. The maximum atomic E-state index is 13.7. The molecule has 3 N–H and O–H groups in total. The Kier molecular flexibility index (Phi) is 7.25. The van der Waals surface area contributed by atoms with Gasteiger partial charge in [-0.25, -0.2) is 32.4 Å². The zero-order valence-corrected chi connectivity index (χ0v) is 24.3. The number of sulfonamides is 1. The van der Waals surface area contributed by atoms with Crippen molar-refractivity contribution in [3.8, 4) is 27.5 Å². The smallest absolute Gasteiger partial charge is 0.355 e. The third-order valence-electron chi connectivity index (χ3n) is 7.32. The highest BCUT2D eigenvalue weighted by atomic mass is 32.2. The number of aromatic nitrogens is 3. The quantitative estimate of drug-likeness (QED) is 0.213. The van der Waals surface area contributed by atoms with Gasteiger partial charge in [0.25, 0.3) is 0 Å². The lowest BCUT2D eigenvalue weighted by molar-refractivity contribution is 0.0691. The third-order valence-corrected chi connectivity index (χ3v) is 9.07. The molecule has 0 saturated heterocycles. The number of benzene rings is 3. The van der Waals surface area contributed by atoms with Gasteiger partial charge in [0.1, 0.15) is 5.82 Å². The normalized spacial score (nSPS) is 13.4. The molecule has 42 heavy (non-hydrogen) atoms. The number of nitrogens with two attached hydrogens (primary N) is 1. The van der Waals surface area contributed by atoms with Crippen molar-refractivity contribution in [1.82, 2.24) is 14.8 Å². The summed E-state index contributed by atoms with van der Waals surface area (Å²) in [6.45, 7) is 1.99. The Hall–Kier alpha value is -4.19. The van der Waals surface area contributed by atoms with Crippen molar-refractivity contribution in [1.29, 1.82) is 0 Å². The summed E-state index contributed by atoms with van der Waals surface area (Å²) in [6, 6.07) is 18.9. The van der Waals surface area contributed by atoms with E-state index in [1.54, 1.807) is 28.9 Å². The Morgan fingerprint density at radius 1 is 1.05 bits per heavy atom. The monoisotopic (exact) mass is 602 g/mol. The summed E-state index contributed by atoms with van der Waals surface area (Å²) in [5.41, 5.74) is 7.08. The number of nitrogens with zero attached hydrogens (tertiary/aromatic N) is 3. The Labute approximate surface area is 246 Å². The first-order valence-electron chi connectivity index (χ1n) is 13.3. The maximum Gasteiger partial charge on any atom is 0.355 e. The number of primary sulfonamides is 1. The molecule has 0 radical (unpaired) electrons. The summed E-state index contributed by atoms with van der Waals surface area (Å²) in [6.07, 6.45) is 3.40. The van der Waals surface area contributed by atoms with Crippen LogP contribution >= 0.6 is 11.3 Å². The van der Waals surface area contributed by atoms with Gasteiger partial charge in [0.15, 0.2) is 5.69 Å². The van der Waals surface area contributed by atoms with Crippen LogP contribution in [0.25, 0.3) is 27.5 Å². The maximum absolute atomic E-state index is 13.7. The number of carbonyl (C=O) groups is 1. The standard InChI is InChI=1S/C31H27FN4O4S2/c1-18-12-22(21-6-8-24(32)9-7-21)16-23(13-18)29-26(14-19-4-10-25(11-5-19)42(33,39)40)28(15-20-2-3-20)36(35-29)31-34-27(17-41-31)30(37)38/h4-13,16-17,20H,2-3,14-15H2,1H3,(H,37,38)(H2,33,39,40). The van der Waals surface area contributed by atoms with E-state index in [9.17, 15) is 22.7 Å². The first kappa shape index (κ1) is 28.0. The highest BCUT2D eigenvalue weighted by Crippen LogP contribution is 2.39. The van der Waals surface area contributed by atoms with Crippen molar-refractivity contribution in [3.63, 3.8) is 0 Å². The molecule has 2 aromatic heterocycles. The van der Waals surface area contributed by atoms with Gasteiger partial charge in [-0.2, -0.15) is 5.10 Å². The van der Waals surface area contributed by atoms with Crippen LogP contribution in [0.15, 0.2) is 77.0 Å². The highest BCUT2D eigenvalue weighted by molar-refractivity contribution is 7.89. The van der Waals surface area contributed by atoms with Gasteiger partial charge >= 0.3 is 5.97 Å². The van der Waals surface area contributed by atoms with E-state index in [0.717, 1.165) is 64.0 Å². The van der Waals surface area contributed by atoms with E-state index in [2.05, 4.69) is 4.98 Å². The molecule has 0 spiro atoms. The topological polar surface area (TPSA) is 128 Å². The zero-order valence-electron chi connectivity index (χ0n) is 22.6. The first-order chi connectivity index (χ1) is 20.0. The molecule has 6 rings (SSSR count). The van der Waals surface area contributed by atoms with Crippen LogP contribution in [0.3, 0.4) is 0 Å². The van der Waals surface area contributed by atoms with Crippen LogP contribution in [0.2, 0.25) is 0 Å². The van der Waals surface area contributed by atoms with E-state index in [-0.39, 0.29) is 16.4 Å². The van der Waals surface area contributed by atoms with Crippen LogP contribution in [0.4, 0.5) is 4.39 Å². The second kappa shape index (κ2) is 10.9. The van der Waals surface area contributed by atoms with Gasteiger partial charge in [-0.3, -0.25) is 0 Å². The average molecular weight is 603 g/mol. The second-order valence-electron chi connectivity index (χ2n) is 10.6. The predicted octanol–water partition coefficient (Wildman–Crippen LogP) is 6.00. The largest absolute Gasteiger partial charge is 0.476 e. The summed E-state index contributed by atoms with van der Waals surface area (Å²) >= 11 is 1.22. The molecule has 3 aromatic carbocycles. The molecule has 0 amide bonds. The minimum atomic E-state index is -3.83. The molecule has 0 atom stereocenters. The molecule has 0 bridgehead atoms. The van der Waals surface area contributed by atoms with Gasteiger partial charge in [0.05, 0.1) is 16.3 Å². The van der Waals surface area contributed by atoms with Crippen LogP contribution in [0.5, 0.6) is 0 Å². The Morgan fingerprint density at radius 2 is 1.74 bits per heavy atom. The lowest BCUT2D eigenvalue weighted by atomic mass is 9.94. The number of carboxylic acid groups (broad SMARTS) is 1. The average Bonchev–Trinajstić information content (AvgIpc) is 3.50. The van der Waals surface area contributed by atoms with E-state index >= 15 is 0 Å². The van der Waals surface area contributed by atoms with Crippen LogP contribution in [0, 0.1) is 18.7 Å². The summed E-state index contributed by atoms with van der Waals surface area (Å²) in [5.74, 6) is -0.926. The van der Waals surface area contributed by atoms with Crippen molar-refractivity contribution >= 4 is 27.3 Å². The van der Waals surface area contributed by atoms with Gasteiger partial charge in [-0.05, 0) is 90.8 Å². The van der Waals surface area contributed by atoms with Gasteiger partial charge in [0, 0.05) is 22.9 Å². The number of rotatable bonds is 9. The summed E-state index contributed by atoms with van der Waals surface area (Å²) in [7, 11) is -3.83. The van der Waals surface area contributed by atoms with Gasteiger partial charge in [-0.1, -0.05) is 30.3 Å². The van der Waals surface area contributed by atoms with Crippen molar-refractivity contribution in [2.24, 2.45) is 11.1 Å². The van der Waals surface area contributed by atoms with Crippen LogP contribution < -0.4 is 5.14 Å². The van der Waals surface area contributed by atoms with E-state index in [0.29, 0.717) is 17.5 Å². The lowest BCUT2D eigenvalue weighted by Crippen LogP contribution is -2.12. The molecule has 2 heterocycles. The molecule has 1 fully saturated rings. The minimum Gasteiger partial charge on any atom is -0.476 e. The fraction of sp³-hybridized carbons (Fsp3) is 0.194. The Morgan fingerprint density at radius 3 is 2.36 bits per heavy atom. The molecule has 8 nitrogen and oxygen atoms in total. The number of carboxylic acids is 1. The molecule has 1 aliphatic rings. The van der Waals surface area contributed by atoms with Crippen LogP contribution in [-0.2, 0) is 22.9 Å². The lowest BCUT2D eigenvalue weighted by Gasteiger charge is -2.11. The molecule has 5 aromatic rings. The third kappa shape index (κ3) is 5.89. The number of hydrogen-bond acceptors (Lipinski definition) is 6. The van der Waals surface area contributed by atoms with Gasteiger partial charge < -0.3 is 5.11 Å². The van der Waals surface area contributed by atoms with E-state index < -0.39 is 16.0 Å². The molecular weight excluding hydrogens is 575 g/mol. The van der Waals surface area contributed by atoms with Crippen LogP contribution in [-0.4, -0.2) is 34.3 Å². The summed E-state index contributed by atoms with van der Waals surface area (Å²) in [5, 5.41) is 21.8. The number of thiazole rings is 1. The molecule has 0 unspecified atom stereocenters. The van der Waals surface area contributed by atoms with Gasteiger partial charge in [-0.15, -0.1) is 11.3 Å². The molecular formula is C31H27FN4O4S2. The fourth-order valence-electron chi connectivity index (χ4n) is 5.06. The molecule has 1 aliphatic carbocycles. The zero-order chi connectivity index (χ0) is 29.6. The predicted molar refractivity (Wildman–Crippen MR) is 159 cm³/mol. The number of hydrogen-bond donors (Lipinski definition) is 2. The van der Waals surface area contributed by atoms with Crippen LogP contribution in [0.1, 0.15) is 45.7 Å². The number of aryl methyl sites for hydroxylation is 1. The van der Waals surface area contributed by atoms with E-state index in [1.165, 1.54) is 41.0 Å². The first-order valence-corrected chi connectivity index (χ1v) is 15.8.